The van der Waals surface area contributed by atoms with E-state index in [2.05, 4.69) is 56.4 Å². The number of nitrogens with one attached hydrogen (secondary N) is 1. The predicted molar refractivity (Wildman–Crippen MR) is 164 cm³/mol. The van der Waals surface area contributed by atoms with E-state index in [1.54, 1.807) is 0 Å². The average Bonchev–Trinajstić information content (AvgIpc) is 2.94. The Labute approximate surface area is 245 Å². The molecule has 1 aliphatic carbocycles. The number of fused-ring (bicyclic) bond motifs is 2. The number of hydrogen-bond donors (Lipinski definition) is 2. The molecule has 5 rings (SSSR count). The lowest BCUT2D eigenvalue weighted by Gasteiger charge is -2.23. The lowest BCUT2D eigenvalue weighted by molar-refractivity contribution is -0.119. The third kappa shape index (κ3) is 6.42. The van der Waals surface area contributed by atoms with E-state index in [1.165, 1.54) is 29.8 Å². The van der Waals surface area contributed by atoms with Gasteiger partial charge in [-0.25, -0.2) is 23.3 Å². The number of amides is 1. The zero-order valence-electron chi connectivity index (χ0n) is 23.8. The van der Waals surface area contributed by atoms with Crippen molar-refractivity contribution in [1.29, 1.82) is 0 Å². The number of benzene rings is 3. The second-order valence-electron chi connectivity index (χ2n) is 11.4. The molecule has 0 bridgehead atoms. The number of ether oxygens (including phenoxy) is 1. The van der Waals surface area contributed by atoms with Gasteiger partial charge in [0.25, 0.3) is 5.91 Å². The number of hydrogen-bond acceptors (Lipinski definition) is 6. The van der Waals surface area contributed by atoms with Gasteiger partial charge in [0.2, 0.25) is 10.0 Å². The fourth-order valence-corrected chi connectivity index (χ4v) is 5.63. The van der Waals surface area contributed by atoms with Crippen LogP contribution in [0.4, 0.5) is 5.69 Å². The highest BCUT2D eigenvalue weighted by molar-refractivity contribution is 7.89. The van der Waals surface area contributed by atoms with Crippen molar-refractivity contribution in [3.63, 3.8) is 0 Å². The first kappa shape index (κ1) is 29.2. The van der Waals surface area contributed by atoms with Crippen molar-refractivity contribution in [2.75, 3.05) is 11.9 Å². The Kier molecular flexibility index (Phi) is 7.99. The molecule has 1 amide bonds. The van der Waals surface area contributed by atoms with Crippen LogP contribution in [0.1, 0.15) is 66.4 Å². The number of esters is 1. The second kappa shape index (κ2) is 11.5. The highest BCUT2D eigenvalue weighted by atomic mass is 32.2. The van der Waals surface area contributed by atoms with Gasteiger partial charge in [-0.15, -0.1) is 0 Å². The summed E-state index contributed by atoms with van der Waals surface area (Å²) in [5.74, 6) is -1.15. The van der Waals surface area contributed by atoms with E-state index >= 15 is 0 Å². The standard InChI is InChI=1S/C33H33N3O5S/c1-33(2,3)23-13-11-21(12-14-23)19-22-7-6-9-27-30(26-8-4-5-10-28(26)36-31(22)27)32(38)41-20-29(37)35-24-15-17-25(18-16-24)42(34,39)40/h4-5,8,10-19H,6-7,9,20H2,1-3H3,(H,35,37)(H2,34,39,40)/b22-19+. The Bertz CT molecular complexity index is 1800. The van der Waals surface area contributed by atoms with Gasteiger partial charge in [-0.3, -0.25) is 4.79 Å². The normalized spacial score (nSPS) is 14.4. The quantitative estimate of drug-likeness (QED) is 0.274. The van der Waals surface area contributed by atoms with E-state index in [-0.39, 0.29) is 10.3 Å². The van der Waals surface area contributed by atoms with Gasteiger partial charge in [-0.2, -0.15) is 0 Å². The summed E-state index contributed by atoms with van der Waals surface area (Å²) in [7, 11) is -3.85. The third-order valence-corrected chi connectivity index (χ3v) is 8.22. The molecule has 0 saturated heterocycles. The van der Waals surface area contributed by atoms with Gasteiger partial charge in [0.15, 0.2) is 6.61 Å². The number of aromatic nitrogens is 1. The van der Waals surface area contributed by atoms with Crippen molar-refractivity contribution in [1.82, 2.24) is 4.98 Å². The Balaban J connectivity index is 1.40. The van der Waals surface area contributed by atoms with Crippen LogP contribution in [0.5, 0.6) is 0 Å². The zero-order valence-corrected chi connectivity index (χ0v) is 24.6. The SMILES string of the molecule is CC(C)(C)c1ccc(/C=C2\CCCc3c2nc2ccccc2c3C(=O)OCC(=O)Nc2ccc(S(N)(=O)=O)cc2)cc1. The van der Waals surface area contributed by atoms with Crippen LogP contribution in [0.15, 0.2) is 77.7 Å². The molecule has 216 valence electrons. The maximum atomic E-state index is 13.5. The molecule has 0 unspecified atom stereocenters. The molecule has 0 atom stereocenters. The molecule has 0 radical (unpaired) electrons. The van der Waals surface area contributed by atoms with Crippen molar-refractivity contribution < 1.29 is 22.7 Å². The van der Waals surface area contributed by atoms with Gasteiger partial charge in [-0.1, -0.05) is 63.2 Å². The maximum Gasteiger partial charge on any atom is 0.339 e. The molecule has 0 spiro atoms. The van der Waals surface area contributed by atoms with E-state index in [4.69, 9.17) is 14.9 Å². The van der Waals surface area contributed by atoms with Crippen LogP contribution in [-0.2, 0) is 31.4 Å². The molecule has 8 nitrogen and oxygen atoms in total. The summed E-state index contributed by atoms with van der Waals surface area (Å²) < 4.78 is 28.4. The average molecular weight is 584 g/mol. The summed E-state index contributed by atoms with van der Waals surface area (Å²) in [6.45, 7) is 6.05. The first-order valence-corrected chi connectivity index (χ1v) is 15.3. The van der Waals surface area contributed by atoms with E-state index < -0.39 is 28.5 Å². The summed E-state index contributed by atoms with van der Waals surface area (Å²) in [6.07, 6.45) is 4.49. The first-order valence-electron chi connectivity index (χ1n) is 13.7. The molecule has 0 saturated carbocycles. The number of nitrogens with zero attached hydrogens (tertiary/aromatic N) is 1. The smallest absolute Gasteiger partial charge is 0.339 e. The Morgan fingerprint density at radius 3 is 2.33 bits per heavy atom. The number of pyridine rings is 1. The van der Waals surface area contributed by atoms with E-state index in [0.717, 1.165) is 35.2 Å². The number of allylic oxidation sites excluding steroid dienone is 1. The molecular formula is C33H33N3O5S. The Morgan fingerprint density at radius 1 is 0.976 bits per heavy atom. The molecule has 3 aromatic carbocycles. The summed E-state index contributed by atoms with van der Waals surface area (Å²) >= 11 is 0. The molecule has 9 heteroatoms. The summed E-state index contributed by atoms with van der Waals surface area (Å²) in [5.41, 5.74) is 6.50. The third-order valence-electron chi connectivity index (χ3n) is 7.29. The molecular weight excluding hydrogens is 550 g/mol. The molecule has 1 aromatic heterocycles. The Hall–Kier alpha value is -4.34. The highest BCUT2D eigenvalue weighted by Gasteiger charge is 2.26. The minimum Gasteiger partial charge on any atom is -0.452 e. The van der Waals surface area contributed by atoms with Crippen LogP contribution < -0.4 is 10.5 Å². The van der Waals surface area contributed by atoms with Gasteiger partial charge < -0.3 is 10.1 Å². The minimum absolute atomic E-state index is 0.0635. The largest absolute Gasteiger partial charge is 0.452 e. The van der Waals surface area contributed by atoms with Crippen LogP contribution in [0.2, 0.25) is 0 Å². The lowest BCUT2D eigenvalue weighted by Crippen LogP contribution is -2.22. The number of nitrogens with two attached hydrogens (primary N) is 1. The van der Waals surface area contributed by atoms with Crippen molar-refractivity contribution >= 4 is 50.1 Å². The van der Waals surface area contributed by atoms with Gasteiger partial charge in [-0.05, 0) is 83.3 Å². The monoisotopic (exact) mass is 583 g/mol. The minimum atomic E-state index is -3.85. The van der Waals surface area contributed by atoms with Gasteiger partial charge in [0, 0.05) is 11.1 Å². The number of carbonyl (C=O) groups is 2. The molecule has 42 heavy (non-hydrogen) atoms. The number of anilines is 1. The van der Waals surface area contributed by atoms with E-state index in [1.807, 2.05) is 24.3 Å². The van der Waals surface area contributed by atoms with Crippen LogP contribution >= 0.6 is 0 Å². The number of rotatable bonds is 6. The molecule has 0 aliphatic heterocycles. The number of carbonyl (C=O) groups excluding carboxylic acids is 2. The topological polar surface area (TPSA) is 128 Å². The van der Waals surface area contributed by atoms with Gasteiger partial charge in [0.05, 0.1) is 21.7 Å². The zero-order chi connectivity index (χ0) is 30.1. The van der Waals surface area contributed by atoms with Crippen LogP contribution in [0.25, 0.3) is 22.6 Å². The lowest BCUT2D eigenvalue weighted by atomic mass is 9.85. The second-order valence-corrected chi connectivity index (χ2v) is 13.0. The highest BCUT2D eigenvalue weighted by Crippen LogP contribution is 2.36. The van der Waals surface area contributed by atoms with Crippen molar-refractivity contribution in [3.05, 3.63) is 101 Å². The summed E-state index contributed by atoms with van der Waals surface area (Å²) in [4.78, 5) is 31.0. The molecule has 1 heterocycles. The van der Waals surface area contributed by atoms with Gasteiger partial charge in [0.1, 0.15) is 0 Å². The molecule has 1 aliphatic rings. The fraction of sp³-hybridized carbons (Fsp3) is 0.242. The van der Waals surface area contributed by atoms with Crippen LogP contribution in [-0.4, -0.2) is 31.9 Å². The molecule has 0 fully saturated rings. The van der Waals surface area contributed by atoms with Crippen molar-refractivity contribution in [3.8, 4) is 0 Å². The van der Waals surface area contributed by atoms with E-state index in [0.29, 0.717) is 28.6 Å². The van der Waals surface area contributed by atoms with Crippen molar-refractivity contribution in [2.45, 2.75) is 50.3 Å². The number of para-hydroxylation sites is 1. The summed E-state index contributed by atoms with van der Waals surface area (Å²) in [5, 5.41) is 8.40. The van der Waals surface area contributed by atoms with Crippen molar-refractivity contribution in [2.24, 2.45) is 5.14 Å². The first-order chi connectivity index (χ1) is 19.9. The predicted octanol–water partition coefficient (Wildman–Crippen LogP) is 5.85. The summed E-state index contributed by atoms with van der Waals surface area (Å²) in [6, 6.07) is 21.4. The van der Waals surface area contributed by atoms with Crippen LogP contribution in [0, 0.1) is 0 Å². The van der Waals surface area contributed by atoms with Crippen LogP contribution in [0.3, 0.4) is 0 Å². The maximum absolute atomic E-state index is 13.5. The van der Waals surface area contributed by atoms with E-state index in [9.17, 15) is 18.0 Å². The Morgan fingerprint density at radius 2 is 1.67 bits per heavy atom. The molecule has 3 N–H and O–H groups in total. The molecule has 4 aromatic rings. The van der Waals surface area contributed by atoms with Gasteiger partial charge >= 0.3 is 5.97 Å². The number of primary sulfonamides is 1. The number of sulfonamides is 1. The fourth-order valence-electron chi connectivity index (χ4n) is 5.12.